The first-order chi connectivity index (χ1) is 32.7. The zero-order valence-corrected chi connectivity index (χ0v) is 36.5. The summed E-state index contributed by atoms with van der Waals surface area (Å²) in [6.07, 6.45) is 0. The smallest absolute Gasteiger partial charge is 0.0540 e. The number of anilines is 6. The Morgan fingerprint density at radius 3 is 1.18 bits per heavy atom. The molecule has 0 atom stereocenters. The molecule has 312 valence electrons. The van der Waals surface area contributed by atoms with Crippen LogP contribution in [0.5, 0.6) is 0 Å². The van der Waals surface area contributed by atoms with Crippen LogP contribution in [0.2, 0.25) is 0 Å². The van der Waals surface area contributed by atoms with Crippen LogP contribution in [-0.4, -0.2) is 0 Å². The van der Waals surface area contributed by atoms with E-state index < -0.39 is 0 Å². The SMILES string of the molecule is c1ccc(-c2ccc(N(c3ccccc3)c3ccc(-c4cccc(-c5ccc(N(c6ccc(-c7ccccc7)cc6)c6cccc7ccccc67)cc5)c4)c(-c4ccccc4)c3)cc2)cc1. The molecule has 0 bridgehead atoms. The summed E-state index contributed by atoms with van der Waals surface area (Å²) in [5.74, 6) is 0. The van der Waals surface area contributed by atoms with Crippen molar-refractivity contribution in [2.24, 2.45) is 0 Å². The summed E-state index contributed by atoms with van der Waals surface area (Å²) >= 11 is 0. The maximum atomic E-state index is 2.38. The van der Waals surface area contributed by atoms with Crippen LogP contribution in [-0.2, 0) is 0 Å². The van der Waals surface area contributed by atoms with Crippen LogP contribution in [0.3, 0.4) is 0 Å². The molecule has 0 N–H and O–H groups in total. The molecule has 2 heteroatoms. The third kappa shape index (κ3) is 8.16. The lowest BCUT2D eigenvalue weighted by Crippen LogP contribution is -2.10. The lowest BCUT2D eigenvalue weighted by Gasteiger charge is -2.27. The van der Waals surface area contributed by atoms with Crippen molar-refractivity contribution in [3.8, 4) is 55.6 Å². The number of nitrogens with zero attached hydrogens (tertiary/aromatic N) is 2. The highest BCUT2D eigenvalue weighted by molar-refractivity contribution is 5.99. The molecule has 0 aromatic heterocycles. The quantitative estimate of drug-likeness (QED) is 0.128. The highest BCUT2D eigenvalue weighted by Crippen LogP contribution is 2.43. The van der Waals surface area contributed by atoms with Gasteiger partial charge in [-0.25, -0.2) is 0 Å². The predicted octanol–water partition coefficient (Wildman–Crippen LogP) is 18.1. The molecule has 11 aromatic rings. The Bertz CT molecular complexity index is 3360. The highest BCUT2D eigenvalue weighted by Gasteiger charge is 2.19. The summed E-state index contributed by atoms with van der Waals surface area (Å²) in [4.78, 5) is 4.73. The summed E-state index contributed by atoms with van der Waals surface area (Å²) in [5.41, 5.74) is 18.4. The molecule has 0 saturated heterocycles. The normalized spacial score (nSPS) is 11.0. The van der Waals surface area contributed by atoms with Crippen LogP contribution in [0.4, 0.5) is 34.1 Å². The third-order valence-corrected chi connectivity index (χ3v) is 12.5. The van der Waals surface area contributed by atoms with E-state index in [-0.39, 0.29) is 0 Å². The molecule has 0 fully saturated rings. The topological polar surface area (TPSA) is 6.48 Å². The van der Waals surface area contributed by atoms with Gasteiger partial charge in [0.2, 0.25) is 0 Å². The van der Waals surface area contributed by atoms with Gasteiger partial charge in [-0.05, 0) is 134 Å². The molecule has 0 amide bonds. The summed E-state index contributed by atoms with van der Waals surface area (Å²) in [6, 6.07) is 100. The number of fused-ring (bicyclic) bond motifs is 1. The van der Waals surface area contributed by atoms with Gasteiger partial charge >= 0.3 is 0 Å². The van der Waals surface area contributed by atoms with E-state index in [9.17, 15) is 0 Å². The molecule has 0 saturated carbocycles. The van der Waals surface area contributed by atoms with Crippen LogP contribution >= 0.6 is 0 Å². The van der Waals surface area contributed by atoms with Gasteiger partial charge in [-0.1, -0.05) is 206 Å². The molecule has 2 nitrogen and oxygen atoms in total. The Morgan fingerprint density at radius 1 is 0.197 bits per heavy atom. The van der Waals surface area contributed by atoms with Gasteiger partial charge < -0.3 is 9.80 Å². The van der Waals surface area contributed by atoms with E-state index in [1.54, 1.807) is 0 Å². The molecule has 0 aliphatic rings. The van der Waals surface area contributed by atoms with Gasteiger partial charge in [-0.2, -0.15) is 0 Å². The molecule has 0 aliphatic carbocycles. The van der Waals surface area contributed by atoms with E-state index in [4.69, 9.17) is 0 Å². The first-order valence-corrected chi connectivity index (χ1v) is 22.6. The fraction of sp³-hybridized carbons (Fsp3) is 0. The van der Waals surface area contributed by atoms with Crippen molar-refractivity contribution in [2.45, 2.75) is 0 Å². The van der Waals surface area contributed by atoms with E-state index in [0.717, 1.165) is 50.8 Å². The second-order valence-corrected chi connectivity index (χ2v) is 16.6. The Morgan fingerprint density at radius 2 is 0.591 bits per heavy atom. The second kappa shape index (κ2) is 18.2. The summed E-state index contributed by atoms with van der Waals surface area (Å²) in [6.45, 7) is 0. The first kappa shape index (κ1) is 40.1. The van der Waals surface area contributed by atoms with Crippen molar-refractivity contribution >= 4 is 44.9 Å². The molecule has 0 unspecified atom stereocenters. The standard InChI is InChI=1S/C64H46N2/c1-5-17-47(18-6-1)49-31-37-57(38-32-49)65(56-27-11-4-12-28-56)60-43-44-61(63(46-60)53-21-9-3-10-22-53)55-26-15-25-54(45-55)51-35-41-59(42-36-51)66(64-30-16-24-52-23-13-14-29-62(52)64)58-39-33-50(34-40-58)48-19-7-2-8-20-48/h1-46H. The average molecular weight is 843 g/mol. The van der Waals surface area contributed by atoms with Crippen molar-refractivity contribution in [3.05, 3.63) is 279 Å². The molecular weight excluding hydrogens is 797 g/mol. The zero-order chi connectivity index (χ0) is 44.1. The van der Waals surface area contributed by atoms with Gasteiger partial charge in [-0.3, -0.25) is 0 Å². The van der Waals surface area contributed by atoms with Gasteiger partial charge in [0.25, 0.3) is 0 Å². The van der Waals surface area contributed by atoms with Gasteiger partial charge in [-0.15, -0.1) is 0 Å². The van der Waals surface area contributed by atoms with E-state index in [2.05, 4.69) is 289 Å². The molecule has 0 radical (unpaired) electrons. The second-order valence-electron chi connectivity index (χ2n) is 16.6. The van der Waals surface area contributed by atoms with Gasteiger partial charge in [0.15, 0.2) is 0 Å². The maximum absolute atomic E-state index is 2.38. The fourth-order valence-electron chi connectivity index (χ4n) is 9.17. The van der Waals surface area contributed by atoms with Crippen LogP contribution < -0.4 is 9.80 Å². The van der Waals surface area contributed by atoms with Crippen molar-refractivity contribution in [3.63, 3.8) is 0 Å². The van der Waals surface area contributed by atoms with Gasteiger partial charge in [0, 0.05) is 33.8 Å². The van der Waals surface area contributed by atoms with Crippen LogP contribution in [0.15, 0.2) is 279 Å². The van der Waals surface area contributed by atoms with E-state index in [1.165, 1.54) is 49.7 Å². The lowest BCUT2D eigenvalue weighted by atomic mass is 9.91. The van der Waals surface area contributed by atoms with Crippen LogP contribution in [0.25, 0.3) is 66.4 Å². The minimum Gasteiger partial charge on any atom is -0.310 e. The summed E-state index contributed by atoms with van der Waals surface area (Å²) < 4.78 is 0. The zero-order valence-electron chi connectivity index (χ0n) is 36.5. The van der Waals surface area contributed by atoms with E-state index >= 15 is 0 Å². The molecule has 11 rings (SSSR count). The van der Waals surface area contributed by atoms with Crippen molar-refractivity contribution in [2.75, 3.05) is 9.80 Å². The van der Waals surface area contributed by atoms with Crippen LogP contribution in [0, 0.1) is 0 Å². The number of hydrogen-bond acceptors (Lipinski definition) is 2. The number of para-hydroxylation sites is 1. The largest absolute Gasteiger partial charge is 0.310 e. The monoisotopic (exact) mass is 842 g/mol. The fourth-order valence-corrected chi connectivity index (χ4v) is 9.17. The van der Waals surface area contributed by atoms with Crippen LogP contribution in [0.1, 0.15) is 0 Å². The Hall–Kier alpha value is -8.72. The highest BCUT2D eigenvalue weighted by atomic mass is 15.1. The number of benzene rings is 11. The minimum atomic E-state index is 1.09. The molecule has 66 heavy (non-hydrogen) atoms. The number of hydrogen-bond donors (Lipinski definition) is 0. The molecule has 0 aliphatic heterocycles. The van der Waals surface area contributed by atoms with Gasteiger partial charge in [0.1, 0.15) is 0 Å². The Kier molecular flexibility index (Phi) is 11.0. The third-order valence-electron chi connectivity index (χ3n) is 12.5. The Labute approximate surface area is 387 Å². The molecule has 0 heterocycles. The van der Waals surface area contributed by atoms with E-state index in [1.807, 2.05) is 0 Å². The van der Waals surface area contributed by atoms with Crippen molar-refractivity contribution in [1.29, 1.82) is 0 Å². The van der Waals surface area contributed by atoms with E-state index in [0.29, 0.717) is 0 Å². The Balaban J connectivity index is 0.960. The molecular formula is C64H46N2. The first-order valence-electron chi connectivity index (χ1n) is 22.6. The minimum absolute atomic E-state index is 1.09. The summed E-state index contributed by atoms with van der Waals surface area (Å²) in [7, 11) is 0. The van der Waals surface area contributed by atoms with Crippen molar-refractivity contribution < 1.29 is 0 Å². The van der Waals surface area contributed by atoms with Crippen molar-refractivity contribution in [1.82, 2.24) is 0 Å². The number of rotatable bonds is 11. The lowest BCUT2D eigenvalue weighted by molar-refractivity contribution is 1.28. The maximum Gasteiger partial charge on any atom is 0.0540 e. The predicted molar refractivity (Wildman–Crippen MR) is 280 cm³/mol. The summed E-state index contributed by atoms with van der Waals surface area (Å²) in [5, 5.41) is 2.42. The molecule has 0 spiro atoms. The average Bonchev–Trinajstić information content (AvgIpc) is 3.40. The van der Waals surface area contributed by atoms with Gasteiger partial charge in [0.05, 0.1) is 5.69 Å². The molecule has 11 aromatic carbocycles.